The van der Waals surface area contributed by atoms with Crippen LogP contribution in [0.5, 0.6) is 0 Å². The van der Waals surface area contributed by atoms with Crippen molar-refractivity contribution in [3.63, 3.8) is 0 Å². The Bertz CT molecular complexity index is 403. The summed E-state index contributed by atoms with van der Waals surface area (Å²) in [6.07, 6.45) is 1.74. The third-order valence-corrected chi connectivity index (χ3v) is 2.19. The lowest BCUT2D eigenvalue weighted by molar-refractivity contribution is 0.0941. The van der Waals surface area contributed by atoms with Gasteiger partial charge in [-0.3, -0.25) is 10.2 Å². The molecule has 1 aromatic rings. The molecular formula is C13H19N3O. The highest BCUT2D eigenvalue weighted by Gasteiger charge is 2.04. The van der Waals surface area contributed by atoms with Crippen LogP contribution in [0.2, 0.25) is 0 Å². The largest absolute Gasteiger partial charge is 0.378 e. The fourth-order valence-corrected chi connectivity index (χ4v) is 1.23. The minimum Gasteiger partial charge on any atom is -0.378 e. The number of nitrogens with one attached hydrogen (secondary N) is 2. The van der Waals surface area contributed by atoms with Crippen LogP contribution in [-0.4, -0.2) is 20.0 Å². The number of anilines is 1. The Morgan fingerprint density at radius 1 is 1.18 bits per heavy atom. The van der Waals surface area contributed by atoms with E-state index in [2.05, 4.69) is 10.9 Å². The third-order valence-electron chi connectivity index (χ3n) is 2.19. The Morgan fingerprint density at radius 2 is 1.76 bits per heavy atom. The van der Waals surface area contributed by atoms with Gasteiger partial charge in [0.05, 0.1) is 0 Å². The maximum absolute atomic E-state index is 11.7. The van der Waals surface area contributed by atoms with Gasteiger partial charge in [0, 0.05) is 31.5 Å². The first-order valence-corrected chi connectivity index (χ1v) is 5.47. The lowest BCUT2D eigenvalue weighted by Gasteiger charge is -2.12. The number of carbonyl (C=O) groups is 1. The Labute approximate surface area is 102 Å². The van der Waals surface area contributed by atoms with Crippen LogP contribution in [0.15, 0.2) is 36.0 Å². The molecule has 0 aliphatic carbocycles. The molecule has 0 saturated heterocycles. The van der Waals surface area contributed by atoms with E-state index in [9.17, 15) is 4.79 Å². The van der Waals surface area contributed by atoms with E-state index >= 15 is 0 Å². The average Bonchev–Trinajstić information content (AvgIpc) is 2.28. The number of benzene rings is 1. The van der Waals surface area contributed by atoms with Gasteiger partial charge < -0.3 is 10.3 Å². The topological polar surface area (TPSA) is 44.4 Å². The summed E-state index contributed by atoms with van der Waals surface area (Å²) in [6.45, 7) is 3.90. The van der Waals surface area contributed by atoms with Crippen LogP contribution in [0.25, 0.3) is 0 Å². The Balaban J connectivity index is 2.61. The number of hydrogen-bond acceptors (Lipinski definition) is 3. The van der Waals surface area contributed by atoms with Gasteiger partial charge in [-0.25, -0.2) is 0 Å². The number of allylic oxidation sites excluding steroid dienone is 1. The highest BCUT2D eigenvalue weighted by Crippen LogP contribution is 2.11. The molecule has 0 unspecified atom stereocenters. The third kappa shape index (κ3) is 4.18. The van der Waals surface area contributed by atoms with Gasteiger partial charge in [-0.05, 0) is 38.1 Å². The molecule has 0 spiro atoms. The summed E-state index contributed by atoms with van der Waals surface area (Å²) < 4.78 is 0. The fraction of sp³-hybridized carbons (Fsp3) is 0.308. The number of hydrazine groups is 1. The summed E-state index contributed by atoms with van der Waals surface area (Å²) in [5, 5.41) is 0. The Kier molecular flexibility index (Phi) is 4.57. The molecule has 0 bridgehead atoms. The highest BCUT2D eigenvalue weighted by atomic mass is 16.2. The Hall–Kier alpha value is -1.97. The zero-order valence-corrected chi connectivity index (χ0v) is 10.7. The van der Waals surface area contributed by atoms with E-state index in [1.807, 2.05) is 45.0 Å². The van der Waals surface area contributed by atoms with Crippen LogP contribution in [-0.2, 0) is 0 Å². The van der Waals surface area contributed by atoms with Crippen LogP contribution < -0.4 is 15.8 Å². The molecule has 0 heterocycles. The average molecular weight is 233 g/mol. The number of carbonyl (C=O) groups excluding carboxylic acids is 1. The van der Waals surface area contributed by atoms with Gasteiger partial charge in [-0.1, -0.05) is 5.57 Å². The monoisotopic (exact) mass is 233 g/mol. The first-order valence-electron chi connectivity index (χ1n) is 5.47. The van der Waals surface area contributed by atoms with Gasteiger partial charge in [-0.15, -0.1) is 0 Å². The SMILES string of the molecule is CC(C)=CNNC(=O)c1ccc(N(C)C)cc1. The van der Waals surface area contributed by atoms with Gasteiger partial charge in [0.25, 0.3) is 5.91 Å². The van der Waals surface area contributed by atoms with Crippen LogP contribution >= 0.6 is 0 Å². The second-order valence-electron chi connectivity index (χ2n) is 4.26. The van der Waals surface area contributed by atoms with Crippen molar-refractivity contribution in [3.05, 3.63) is 41.6 Å². The molecule has 0 radical (unpaired) electrons. The van der Waals surface area contributed by atoms with Gasteiger partial charge in [0.15, 0.2) is 0 Å². The molecule has 2 N–H and O–H groups in total. The second kappa shape index (κ2) is 5.94. The minimum atomic E-state index is -0.146. The van der Waals surface area contributed by atoms with Crippen LogP contribution in [0, 0.1) is 0 Å². The van der Waals surface area contributed by atoms with Crippen molar-refractivity contribution in [3.8, 4) is 0 Å². The molecule has 0 aliphatic heterocycles. The van der Waals surface area contributed by atoms with Crippen molar-refractivity contribution < 1.29 is 4.79 Å². The molecule has 1 aromatic carbocycles. The molecular weight excluding hydrogens is 214 g/mol. The smallest absolute Gasteiger partial charge is 0.269 e. The van der Waals surface area contributed by atoms with Crippen molar-refractivity contribution in [2.24, 2.45) is 0 Å². The number of nitrogens with zero attached hydrogens (tertiary/aromatic N) is 1. The predicted molar refractivity (Wildman–Crippen MR) is 70.8 cm³/mol. The van der Waals surface area contributed by atoms with Crippen LogP contribution in [0.1, 0.15) is 24.2 Å². The van der Waals surface area contributed by atoms with Crippen molar-refractivity contribution in [2.45, 2.75) is 13.8 Å². The lowest BCUT2D eigenvalue weighted by Crippen LogP contribution is -2.33. The van der Waals surface area contributed by atoms with Gasteiger partial charge in [-0.2, -0.15) is 0 Å². The molecule has 4 heteroatoms. The van der Waals surface area contributed by atoms with E-state index in [1.54, 1.807) is 18.3 Å². The molecule has 0 aromatic heterocycles. The summed E-state index contributed by atoms with van der Waals surface area (Å²) in [6, 6.07) is 7.43. The van der Waals surface area contributed by atoms with Crippen molar-refractivity contribution in [1.29, 1.82) is 0 Å². The number of hydrogen-bond donors (Lipinski definition) is 2. The molecule has 92 valence electrons. The highest BCUT2D eigenvalue weighted by molar-refractivity contribution is 5.94. The second-order valence-corrected chi connectivity index (χ2v) is 4.26. The lowest BCUT2D eigenvalue weighted by atomic mass is 10.2. The molecule has 0 aliphatic rings. The summed E-state index contributed by atoms with van der Waals surface area (Å²) in [7, 11) is 3.93. The standard InChI is InChI=1S/C13H19N3O/c1-10(2)9-14-15-13(17)11-5-7-12(8-6-11)16(3)4/h5-9,14H,1-4H3,(H,15,17). The molecule has 17 heavy (non-hydrogen) atoms. The minimum absolute atomic E-state index is 0.146. The van der Waals surface area contributed by atoms with Gasteiger partial charge in [0.2, 0.25) is 0 Å². The predicted octanol–water partition coefficient (Wildman–Crippen LogP) is 1.91. The van der Waals surface area contributed by atoms with E-state index in [1.165, 1.54) is 0 Å². The summed E-state index contributed by atoms with van der Waals surface area (Å²) in [5.74, 6) is -0.146. The fourth-order valence-electron chi connectivity index (χ4n) is 1.23. The maximum atomic E-state index is 11.7. The van der Waals surface area contributed by atoms with Crippen molar-refractivity contribution in [2.75, 3.05) is 19.0 Å². The van der Waals surface area contributed by atoms with E-state index < -0.39 is 0 Å². The first-order chi connectivity index (χ1) is 8.00. The molecule has 0 saturated carbocycles. The molecule has 0 atom stereocenters. The van der Waals surface area contributed by atoms with E-state index in [-0.39, 0.29) is 5.91 Å². The summed E-state index contributed by atoms with van der Waals surface area (Å²) in [4.78, 5) is 13.7. The molecule has 0 fully saturated rings. The van der Waals surface area contributed by atoms with Gasteiger partial charge in [0.1, 0.15) is 0 Å². The molecule has 4 nitrogen and oxygen atoms in total. The van der Waals surface area contributed by atoms with Crippen LogP contribution in [0.3, 0.4) is 0 Å². The molecule has 1 rings (SSSR count). The summed E-state index contributed by atoms with van der Waals surface area (Å²) >= 11 is 0. The summed E-state index contributed by atoms with van der Waals surface area (Å²) in [5.41, 5.74) is 8.14. The zero-order chi connectivity index (χ0) is 12.8. The van der Waals surface area contributed by atoms with E-state index in [4.69, 9.17) is 0 Å². The number of amides is 1. The molecule has 1 amide bonds. The van der Waals surface area contributed by atoms with Crippen LogP contribution in [0.4, 0.5) is 5.69 Å². The zero-order valence-electron chi connectivity index (χ0n) is 10.7. The van der Waals surface area contributed by atoms with Gasteiger partial charge >= 0.3 is 0 Å². The van der Waals surface area contributed by atoms with E-state index in [0.29, 0.717) is 5.56 Å². The maximum Gasteiger partial charge on any atom is 0.269 e. The van der Waals surface area contributed by atoms with Crippen molar-refractivity contribution in [1.82, 2.24) is 10.9 Å². The van der Waals surface area contributed by atoms with Crippen molar-refractivity contribution >= 4 is 11.6 Å². The Morgan fingerprint density at radius 3 is 2.24 bits per heavy atom. The normalized spacial score (nSPS) is 9.41. The quantitative estimate of drug-likeness (QED) is 0.781. The number of rotatable bonds is 4. The first kappa shape index (κ1) is 13.1. The van der Waals surface area contributed by atoms with E-state index in [0.717, 1.165) is 11.3 Å².